The molecule has 0 unspecified atom stereocenters. The zero-order valence-electron chi connectivity index (χ0n) is 18.8. The first-order valence-corrected chi connectivity index (χ1v) is 10.3. The van der Waals surface area contributed by atoms with Gasteiger partial charge < -0.3 is 25.1 Å². The van der Waals surface area contributed by atoms with Gasteiger partial charge in [0, 0.05) is 12.7 Å². The summed E-state index contributed by atoms with van der Waals surface area (Å²) >= 11 is 0. The molecule has 0 aliphatic carbocycles. The van der Waals surface area contributed by atoms with Crippen molar-refractivity contribution in [3.8, 4) is 0 Å². The normalized spacial score (nSPS) is 17.5. The highest BCUT2D eigenvalue weighted by Gasteiger charge is 2.52. The smallest absolute Gasteiger partial charge is 0.445 e. The Hall–Kier alpha value is -2.84. The number of pyridine rings is 1. The minimum Gasteiger partial charge on any atom is -0.445 e. The maximum absolute atomic E-state index is 12.3. The lowest BCUT2D eigenvalue weighted by Crippen LogP contribution is -2.41. The summed E-state index contributed by atoms with van der Waals surface area (Å²) in [5, 5.41) is 2.80. The number of rotatable bonds is 6. The average Bonchev–Trinajstić information content (AvgIpc) is 2.93. The Labute approximate surface area is 184 Å². The predicted molar refractivity (Wildman–Crippen MR) is 122 cm³/mol. The summed E-state index contributed by atoms with van der Waals surface area (Å²) in [6.45, 7) is 10.3. The largest absolute Gasteiger partial charge is 0.492 e. The number of aryl methyl sites for hydroxylation is 1. The van der Waals surface area contributed by atoms with Crippen LogP contribution < -0.4 is 11.1 Å². The number of nitrogens with two attached hydrogens (primary N) is 1. The fourth-order valence-electron chi connectivity index (χ4n) is 3.08. The van der Waals surface area contributed by atoms with Crippen LogP contribution in [0.3, 0.4) is 0 Å². The highest BCUT2D eigenvalue weighted by molar-refractivity contribution is 6.56. The van der Waals surface area contributed by atoms with E-state index in [1.54, 1.807) is 12.3 Å². The predicted octanol–water partition coefficient (Wildman–Crippen LogP) is 3.91. The van der Waals surface area contributed by atoms with Gasteiger partial charge in [0.1, 0.15) is 12.4 Å². The molecular formula is C23H30BN3O4. The topological polar surface area (TPSA) is 95.7 Å². The van der Waals surface area contributed by atoms with Gasteiger partial charge in [0.25, 0.3) is 0 Å². The molecule has 1 aliphatic heterocycles. The molecule has 1 saturated heterocycles. The van der Waals surface area contributed by atoms with Crippen LogP contribution in [-0.4, -0.2) is 35.9 Å². The molecule has 0 bridgehead atoms. The van der Waals surface area contributed by atoms with Crippen LogP contribution in [0.4, 0.5) is 10.6 Å². The quantitative estimate of drug-likeness (QED) is 0.684. The summed E-state index contributed by atoms with van der Waals surface area (Å²) in [5.41, 5.74) is 8.29. The summed E-state index contributed by atoms with van der Waals surface area (Å²) in [5.74, 6) is 0.453. The molecule has 0 radical (unpaired) electrons. The number of alkyl carbamates (subject to hydrolysis) is 1. The second-order valence-electron chi connectivity index (χ2n) is 8.69. The van der Waals surface area contributed by atoms with Crippen LogP contribution in [-0.2, 0) is 20.7 Å². The number of carbonyl (C=O) groups is 1. The van der Waals surface area contributed by atoms with Crippen molar-refractivity contribution in [2.75, 3.05) is 12.3 Å². The lowest BCUT2D eigenvalue weighted by molar-refractivity contribution is 0.00578. The fraction of sp³-hybridized carbons (Fsp3) is 0.391. The zero-order chi connectivity index (χ0) is 22.6. The van der Waals surface area contributed by atoms with Crippen LogP contribution in [0.15, 0.2) is 48.1 Å². The Morgan fingerprint density at radius 3 is 2.45 bits per heavy atom. The van der Waals surface area contributed by atoms with Crippen LogP contribution in [0.1, 0.15) is 44.4 Å². The monoisotopic (exact) mass is 423 g/mol. The number of nitrogen functional groups attached to an aromatic ring is 1. The molecule has 1 aromatic heterocycles. The van der Waals surface area contributed by atoms with E-state index in [-0.39, 0.29) is 13.2 Å². The number of nitrogens with one attached hydrogen (secondary N) is 1. The van der Waals surface area contributed by atoms with Gasteiger partial charge in [0.2, 0.25) is 0 Å². The van der Waals surface area contributed by atoms with Crippen LogP contribution in [0.5, 0.6) is 0 Å². The van der Waals surface area contributed by atoms with Crippen LogP contribution in [0, 0.1) is 6.92 Å². The molecule has 0 saturated carbocycles. The Balaban J connectivity index is 1.74. The van der Waals surface area contributed by atoms with Gasteiger partial charge in [0.05, 0.1) is 11.2 Å². The van der Waals surface area contributed by atoms with Crippen molar-refractivity contribution < 1.29 is 18.8 Å². The van der Waals surface area contributed by atoms with Gasteiger partial charge in [-0.25, -0.2) is 9.78 Å². The van der Waals surface area contributed by atoms with E-state index in [2.05, 4.69) is 10.3 Å². The number of anilines is 1. The Kier molecular flexibility index (Phi) is 6.72. The third-order valence-corrected chi connectivity index (χ3v) is 5.72. The first kappa shape index (κ1) is 22.8. The molecule has 2 aromatic rings. The number of amides is 1. The standard InChI is InChI=1S/C23H30BN3O4/c1-16-11-20(25)26-13-18(16)12-19(24-30-22(2,3)23(4,5)31-24)14-27-21(28)29-15-17-9-7-6-8-10-17/h6-13H,14-15H2,1-5H3,(H2,25,26)(H,27,28). The van der Waals surface area contributed by atoms with E-state index < -0.39 is 24.4 Å². The third-order valence-electron chi connectivity index (χ3n) is 5.72. The van der Waals surface area contributed by atoms with E-state index >= 15 is 0 Å². The SMILES string of the molecule is Cc1cc(N)ncc1C=C(CNC(=O)OCc1ccccc1)B1OC(C)(C)C(C)(C)O1. The molecule has 2 heterocycles. The molecule has 1 fully saturated rings. The Bertz CT molecular complexity index is 945. The molecule has 8 heteroatoms. The zero-order valence-corrected chi connectivity index (χ0v) is 18.8. The first-order chi connectivity index (χ1) is 14.6. The van der Waals surface area contributed by atoms with Crippen molar-refractivity contribution in [3.05, 3.63) is 64.8 Å². The number of hydrogen-bond acceptors (Lipinski definition) is 6. The van der Waals surface area contributed by atoms with Crippen molar-refractivity contribution in [2.45, 2.75) is 52.4 Å². The summed E-state index contributed by atoms with van der Waals surface area (Å²) in [6.07, 6.45) is 3.10. The van der Waals surface area contributed by atoms with Crippen molar-refractivity contribution in [3.63, 3.8) is 0 Å². The molecule has 31 heavy (non-hydrogen) atoms. The van der Waals surface area contributed by atoms with E-state index in [0.29, 0.717) is 5.82 Å². The second kappa shape index (κ2) is 9.12. The summed E-state index contributed by atoms with van der Waals surface area (Å²) < 4.78 is 17.7. The Morgan fingerprint density at radius 2 is 1.84 bits per heavy atom. The van der Waals surface area contributed by atoms with Crippen molar-refractivity contribution in [2.24, 2.45) is 0 Å². The van der Waals surface area contributed by atoms with Gasteiger partial charge in [-0.2, -0.15) is 0 Å². The van der Waals surface area contributed by atoms with Crippen molar-refractivity contribution in [1.82, 2.24) is 10.3 Å². The molecule has 1 amide bonds. The molecule has 0 atom stereocenters. The highest BCUT2D eigenvalue weighted by Crippen LogP contribution is 2.38. The molecular weight excluding hydrogens is 393 g/mol. The summed E-state index contributed by atoms with van der Waals surface area (Å²) in [6, 6.07) is 11.3. The molecule has 7 nitrogen and oxygen atoms in total. The summed E-state index contributed by atoms with van der Waals surface area (Å²) in [7, 11) is -0.614. The van der Waals surface area contributed by atoms with Gasteiger partial charge in [0.15, 0.2) is 0 Å². The number of aromatic nitrogens is 1. The van der Waals surface area contributed by atoms with Gasteiger partial charge in [-0.05, 0) is 62.8 Å². The van der Waals surface area contributed by atoms with E-state index in [9.17, 15) is 4.79 Å². The van der Waals surface area contributed by atoms with E-state index in [0.717, 1.165) is 22.2 Å². The average molecular weight is 423 g/mol. The van der Waals surface area contributed by atoms with Gasteiger partial charge in [-0.1, -0.05) is 36.4 Å². The lowest BCUT2D eigenvalue weighted by atomic mass is 9.76. The Morgan fingerprint density at radius 1 is 1.19 bits per heavy atom. The van der Waals surface area contributed by atoms with Gasteiger partial charge in [-0.3, -0.25) is 0 Å². The number of benzene rings is 1. The maximum Gasteiger partial charge on any atom is 0.492 e. The lowest BCUT2D eigenvalue weighted by Gasteiger charge is -2.32. The van der Waals surface area contributed by atoms with E-state index in [1.807, 2.05) is 71.0 Å². The third kappa shape index (κ3) is 5.65. The van der Waals surface area contributed by atoms with Gasteiger partial charge >= 0.3 is 13.2 Å². The molecule has 3 N–H and O–H groups in total. The minimum atomic E-state index is -0.614. The number of carbonyl (C=O) groups excluding carboxylic acids is 1. The van der Waals surface area contributed by atoms with Crippen LogP contribution >= 0.6 is 0 Å². The van der Waals surface area contributed by atoms with E-state index in [1.165, 1.54) is 0 Å². The molecule has 164 valence electrons. The highest BCUT2D eigenvalue weighted by atomic mass is 16.7. The second-order valence-corrected chi connectivity index (χ2v) is 8.69. The van der Waals surface area contributed by atoms with Crippen LogP contribution in [0.25, 0.3) is 6.08 Å². The van der Waals surface area contributed by atoms with E-state index in [4.69, 9.17) is 19.8 Å². The first-order valence-electron chi connectivity index (χ1n) is 10.3. The molecule has 1 aromatic carbocycles. The molecule has 0 spiro atoms. The fourth-order valence-corrected chi connectivity index (χ4v) is 3.08. The number of hydrogen-bond donors (Lipinski definition) is 2. The number of ether oxygens (including phenoxy) is 1. The van der Waals surface area contributed by atoms with Crippen molar-refractivity contribution >= 4 is 25.1 Å². The molecule has 1 aliphatic rings. The number of nitrogens with zero attached hydrogens (tertiary/aromatic N) is 1. The van der Waals surface area contributed by atoms with Crippen LogP contribution in [0.2, 0.25) is 0 Å². The summed E-state index contributed by atoms with van der Waals surface area (Å²) in [4.78, 5) is 16.5. The van der Waals surface area contributed by atoms with Crippen molar-refractivity contribution in [1.29, 1.82) is 0 Å². The van der Waals surface area contributed by atoms with Gasteiger partial charge in [-0.15, -0.1) is 0 Å². The molecule has 3 rings (SSSR count). The maximum atomic E-state index is 12.3. The minimum absolute atomic E-state index is 0.198.